The second kappa shape index (κ2) is 6.75. The largest absolute Gasteiger partial charge is 0.299 e. The summed E-state index contributed by atoms with van der Waals surface area (Å²) in [4.78, 5) is 17.3. The molecule has 3 atom stereocenters. The third-order valence-corrected chi connectivity index (χ3v) is 5.97. The fourth-order valence-electron chi connectivity index (χ4n) is 4.09. The summed E-state index contributed by atoms with van der Waals surface area (Å²) in [6.07, 6.45) is 8.09. The summed E-state index contributed by atoms with van der Waals surface area (Å²) in [5.74, 6) is 1.36. The van der Waals surface area contributed by atoms with Crippen LogP contribution in [0.25, 0.3) is 0 Å². The molecule has 23 heavy (non-hydrogen) atoms. The predicted molar refractivity (Wildman–Crippen MR) is 96.3 cm³/mol. The minimum absolute atomic E-state index is 0.0921. The van der Waals surface area contributed by atoms with Crippen molar-refractivity contribution in [3.8, 4) is 0 Å². The van der Waals surface area contributed by atoms with Gasteiger partial charge in [-0.3, -0.25) is 9.78 Å². The summed E-state index contributed by atoms with van der Waals surface area (Å²) in [6, 6.07) is 4.16. The molecular formula is C21H33NO. The first-order chi connectivity index (χ1) is 10.6. The maximum absolute atomic E-state index is 13.0. The predicted octanol–water partition coefficient (Wildman–Crippen LogP) is 5.63. The standard InChI is InChI=1S/C21H33NO/c1-15(17-10-8-12-22-14-17)21(5,6)13-16-9-7-11-18(19(16)23)20(2,3)4/h8,10,12,14-16,18H,7,9,11,13H2,1-6H3. The number of hydrogen-bond acceptors (Lipinski definition) is 2. The summed E-state index contributed by atoms with van der Waals surface area (Å²) in [5.41, 5.74) is 1.46. The fraction of sp³-hybridized carbons (Fsp3) is 0.714. The van der Waals surface area contributed by atoms with E-state index >= 15 is 0 Å². The van der Waals surface area contributed by atoms with Gasteiger partial charge in [0.1, 0.15) is 5.78 Å². The highest BCUT2D eigenvalue weighted by atomic mass is 16.1. The van der Waals surface area contributed by atoms with Crippen LogP contribution >= 0.6 is 0 Å². The number of aromatic nitrogens is 1. The normalized spacial score (nSPS) is 24.5. The molecule has 128 valence electrons. The molecule has 2 rings (SSSR count). The van der Waals surface area contributed by atoms with Gasteiger partial charge in [-0.25, -0.2) is 0 Å². The third kappa shape index (κ3) is 4.22. The minimum atomic E-state index is 0.0921. The van der Waals surface area contributed by atoms with Crippen LogP contribution in [0.1, 0.15) is 78.7 Å². The van der Waals surface area contributed by atoms with Crippen LogP contribution in [0.5, 0.6) is 0 Å². The molecule has 1 aliphatic rings. The van der Waals surface area contributed by atoms with Gasteiger partial charge in [0.05, 0.1) is 0 Å². The van der Waals surface area contributed by atoms with Crippen LogP contribution in [-0.4, -0.2) is 10.8 Å². The van der Waals surface area contributed by atoms with E-state index in [0.29, 0.717) is 11.7 Å². The zero-order valence-electron chi connectivity index (χ0n) is 15.7. The van der Waals surface area contributed by atoms with E-state index in [1.165, 1.54) is 12.0 Å². The molecule has 0 N–H and O–H groups in total. The van der Waals surface area contributed by atoms with E-state index in [4.69, 9.17) is 0 Å². The second-order valence-corrected chi connectivity index (χ2v) is 9.15. The van der Waals surface area contributed by atoms with Gasteiger partial charge in [0, 0.05) is 24.2 Å². The Kier molecular flexibility index (Phi) is 5.33. The average molecular weight is 316 g/mol. The average Bonchev–Trinajstić information content (AvgIpc) is 2.48. The van der Waals surface area contributed by atoms with Gasteiger partial charge in [-0.1, -0.05) is 54.0 Å². The highest BCUT2D eigenvalue weighted by Gasteiger charge is 2.41. The van der Waals surface area contributed by atoms with Crippen molar-refractivity contribution in [2.75, 3.05) is 0 Å². The van der Waals surface area contributed by atoms with Crippen LogP contribution in [0, 0.1) is 22.7 Å². The Morgan fingerprint density at radius 2 is 1.91 bits per heavy atom. The zero-order valence-corrected chi connectivity index (χ0v) is 15.7. The molecule has 1 saturated carbocycles. The molecule has 1 heterocycles. The molecule has 1 aliphatic carbocycles. The van der Waals surface area contributed by atoms with Crippen LogP contribution in [0.2, 0.25) is 0 Å². The smallest absolute Gasteiger partial charge is 0.139 e. The molecule has 2 nitrogen and oxygen atoms in total. The van der Waals surface area contributed by atoms with Crippen molar-refractivity contribution in [1.82, 2.24) is 4.98 Å². The van der Waals surface area contributed by atoms with Gasteiger partial charge >= 0.3 is 0 Å². The number of hydrogen-bond donors (Lipinski definition) is 0. The monoisotopic (exact) mass is 315 g/mol. The van der Waals surface area contributed by atoms with Crippen molar-refractivity contribution in [2.45, 2.75) is 73.1 Å². The van der Waals surface area contributed by atoms with Crippen LogP contribution in [0.3, 0.4) is 0 Å². The van der Waals surface area contributed by atoms with Crippen LogP contribution in [0.4, 0.5) is 0 Å². The summed E-state index contributed by atoms with van der Waals surface area (Å²) >= 11 is 0. The molecule has 1 fully saturated rings. The van der Waals surface area contributed by atoms with Gasteiger partial charge < -0.3 is 0 Å². The molecule has 3 unspecified atom stereocenters. The lowest BCUT2D eigenvalue weighted by Gasteiger charge is -2.40. The Morgan fingerprint density at radius 1 is 1.22 bits per heavy atom. The molecule has 1 aromatic rings. The highest BCUT2D eigenvalue weighted by molar-refractivity contribution is 5.84. The van der Waals surface area contributed by atoms with E-state index in [1.54, 1.807) is 0 Å². The van der Waals surface area contributed by atoms with E-state index in [-0.39, 0.29) is 22.7 Å². The summed E-state index contributed by atoms with van der Waals surface area (Å²) < 4.78 is 0. The van der Waals surface area contributed by atoms with E-state index in [1.807, 2.05) is 18.5 Å². The number of Topliss-reactive ketones (excluding diaryl/α,β-unsaturated/α-hetero) is 1. The van der Waals surface area contributed by atoms with Crippen molar-refractivity contribution in [2.24, 2.45) is 22.7 Å². The van der Waals surface area contributed by atoms with Gasteiger partial charge in [0.2, 0.25) is 0 Å². The fourth-order valence-corrected chi connectivity index (χ4v) is 4.09. The molecule has 0 spiro atoms. The van der Waals surface area contributed by atoms with Crippen molar-refractivity contribution in [3.63, 3.8) is 0 Å². The van der Waals surface area contributed by atoms with Gasteiger partial charge in [-0.2, -0.15) is 0 Å². The molecular weight excluding hydrogens is 282 g/mol. The summed E-state index contributed by atoms with van der Waals surface area (Å²) in [6.45, 7) is 13.5. The second-order valence-electron chi connectivity index (χ2n) is 9.15. The maximum atomic E-state index is 13.0. The van der Waals surface area contributed by atoms with Crippen molar-refractivity contribution < 1.29 is 4.79 Å². The highest BCUT2D eigenvalue weighted by Crippen LogP contribution is 2.45. The quantitative estimate of drug-likeness (QED) is 0.720. The molecule has 0 saturated heterocycles. The van der Waals surface area contributed by atoms with Crippen LogP contribution in [0.15, 0.2) is 24.5 Å². The third-order valence-electron chi connectivity index (χ3n) is 5.97. The molecule has 0 radical (unpaired) electrons. The Bertz CT molecular complexity index is 527. The lowest BCUT2D eigenvalue weighted by molar-refractivity contribution is -0.134. The van der Waals surface area contributed by atoms with E-state index in [9.17, 15) is 4.79 Å². The lowest BCUT2D eigenvalue weighted by Crippen LogP contribution is -2.39. The van der Waals surface area contributed by atoms with E-state index < -0.39 is 0 Å². The maximum Gasteiger partial charge on any atom is 0.139 e. The SMILES string of the molecule is CC(c1cccnc1)C(C)(C)CC1CCCC(C(C)(C)C)C1=O. The summed E-state index contributed by atoms with van der Waals surface area (Å²) in [7, 11) is 0. The topological polar surface area (TPSA) is 30.0 Å². The minimum Gasteiger partial charge on any atom is -0.299 e. The lowest BCUT2D eigenvalue weighted by atomic mass is 9.63. The Morgan fingerprint density at radius 3 is 2.48 bits per heavy atom. The van der Waals surface area contributed by atoms with Crippen molar-refractivity contribution in [3.05, 3.63) is 30.1 Å². The van der Waals surface area contributed by atoms with Crippen LogP contribution in [-0.2, 0) is 4.79 Å². The van der Waals surface area contributed by atoms with Crippen molar-refractivity contribution in [1.29, 1.82) is 0 Å². The molecule has 0 bridgehead atoms. The number of nitrogens with zero attached hydrogens (tertiary/aromatic N) is 1. The first-order valence-electron chi connectivity index (χ1n) is 9.06. The van der Waals surface area contributed by atoms with Gasteiger partial charge in [-0.05, 0) is 47.6 Å². The molecule has 0 aliphatic heterocycles. The van der Waals surface area contributed by atoms with Crippen LogP contribution < -0.4 is 0 Å². The van der Waals surface area contributed by atoms with Crippen molar-refractivity contribution >= 4 is 5.78 Å². The van der Waals surface area contributed by atoms with Gasteiger partial charge in [0.15, 0.2) is 0 Å². The molecule has 0 amide bonds. The molecule has 0 aromatic carbocycles. The Hall–Kier alpha value is -1.18. The number of carbonyl (C=O) groups is 1. The summed E-state index contributed by atoms with van der Waals surface area (Å²) in [5, 5.41) is 0. The van der Waals surface area contributed by atoms with Gasteiger partial charge in [-0.15, -0.1) is 0 Å². The van der Waals surface area contributed by atoms with E-state index in [2.05, 4.69) is 52.6 Å². The molecule has 2 heteroatoms. The number of ketones is 1. The molecule has 1 aromatic heterocycles. The first-order valence-corrected chi connectivity index (χ1v) is 9.06. The van der Waals surface area contributed by atoms with E-state index in [0.717, 1.165) is 19.3 Å². The number of carbonyl (C=O) groups excluding carboxylic acids is 1. The number of pyridine rings is 1. The first kappa shape index (κ1) is 18.2. The Labute approximate surface area is 142 Å². The number of rotatable bonds is 4. The zero-order chi connectivity index (χ0) is 17.3. The Balaban J connectivity index is 2.12. The van der Waals surface area contributed by atoms with Gasteiger partial charge in [0.25, 0.3) is 0 Å².